The van der Waals surface area contributed by atoms with E-state index in [-0.39, 0.29) is 0 Å². The van der Waals surface area contributed by atoms with Crippen LogP contribution in [-0.4, -0.2) is 26.2 Å². The van der Waals surface area contributed by atoms with Gasteiger partial charge in [-0.2, -0.15) is 4.68 Å². The highest BCUT2D eigenvalue weighted by molar-refractivity contribution is 9.11. The number of nitrogens with one attached hydrogen (secondary N) is 1. The smallest absolute Gasteiger partial charge is 0.170 e. The molecule has 5 nitrogen and oxygen atoms in total. The summed E-state index contributed by atoms with van der Waals surface area (Å²) in [6.07, 6.45) is 2.51. The summed E-state index contributed by atoms with van der Waals surface area (Å²) in [6.45, 7) is 0.695. The van der Waals surface area contributed by atoms with E-state index in [1.807, 2.05) is 18.2 Å². The fourth-order valence-electron chi connectivity index (χ4n) is 1.68. The Morgan fingerprint density at radius 2 is 2.17 bits per heavy atom. The predicted octanol–water partition coefficient (Wildman–Crippen LogP) is 2.44. The van der Waals surface area contributed by atoms with Crippen LogP contribution >= 0.6 is 31.9 Å². The molecule has 0 atom stereocenters. The quantitative estimate of drug-likeness (QED) is 0.895. The average Bonchev–Trinajstić information content (AvgIpc) is 3.06. The first-order valence-corrected chi connectivity index (χ1v) is 7.29. The summed E-state index contributed by atoms with van der Waals surface area (Å²) >= 11 is 6.96. The maximum Gasteiger partial charge on any atom is 0.170 e. The number of aromatic nitrogens is 4. The third kappa shape index (κ3) is 2.62. The second kappa shape index (κ2) is 5.07. The largest absolute Gasteiger partial charge is 0.307 e. The van der Waals surface area contributed by atoms with Crippen LogP contribution in [-0.2, 0) is 6.54 Å². The van der Waals surface area contributed by atoms with Gasteiger partial charge in [0.1, 0.15) is 0 Å². The van der Waals surface area contributed by atoms with Gasteiger partial charge in [0.25, 0.3) is 0 Å². The van der Waals surface area contributed by atoms with Crippen molar-refractivity contribution in [3.8, 4) is 5.69 Å². The van der Waals surface area contributed by atoms with Crippen molar-refractivity contribution >= 4 is 31.9 Å². The number of halogens is 2. The van der Waals surface area contributed by atoms with E-state index < -0.39 is 0 Å². The lowest BCUT2D eigenvalue weighted by Crippen LogP contribution is -2.19. The molecule has 0 radical (unpaired) electrons. The van der Waals surface area contributed by atoms with Crippen LogP contribution in [0.4, 0.5) is 0 Å². The number of rotatable bonds is 4. The highest BCUT2D eigenvalue weighted by atomic mass is 79.9. The van der Waals surface area contributed by atoms with E-state index in [0.717, 1.165) is 20.5 Å². The van der Waals surface area contributed by atoms with Crippen molar-refractivity contribution < 1.29 is 0 Å². The second-order valence-electron chi connectivity index (χ2n) is 4.26. The van der Waals surface area contributed by atoms with Gasteiger partial charge in [-0.3, -0.25) is 0 Å². The molecule has 1 N–H and O–H groups in total. The van der Waals surface area contributed by atoms with Gasteiger partial charge in [-0.25, -0.2) is 0 Å². The van der Waals surface area contributed by atoms with Crippen LogP contribution in [0.3, 0.4) is 0 Å². The van der Waals surface area contributed by atoms with Crippen LogP contribution in [0.1, 0.15) is 18.7 Å². The van der Waals surface area contributed by atoms with E-state index in [1.165, 1.54) is 12.8 Å². The number of hydrogen-bond donors (Lipinski definition) is 1. The summed E-state index contributed by atoms with van der Waals surface area (Å²) in [4.78, 5) is 0. The second-order valence-corrected chi connectivity index (χ2v) is 6.03. The monoisotopic (exact) mass is 371 g/mol. The van der Waals surface area contributed by atoms with Crippen molar-refractivity contribution in [3.05, 3.63) is 33.0 Å². The maximum absolute atomic E-state index is 4.06. The van der Waals surface area contributed by atoms with Crippen molar-refractivity contribution in [2.45, 2.75) is 25.4 Å². The first-order valence-electron chi connectivity index (χ1n) is 5.70. The molecule has 7 heteroatoms. The summed E-state index contributed by atoms with van der Waals surface area (Å²) < 4.78 is 3.73. The van der Waals surface area contributed by atoms with Crippen LogP contribution in [0.15, 0.2) is 27.1 Å². The van der Waals surface area contributed by atoms with Gasteiger partial charge in [-0.15, -0.1) is 5.10 Å². The normalized spacial score (nSPS) is 15.0. The fourth-order valence-corrected chi connectivity index (χ4v) is 2.89. The number of hydrogen-bond acceptors (Lipinski definition) is 4. The topological polar surface area (TPSA) is 55.6 Å². The molecular formula is C11H11Br2N5. The van der Waals surface area contributed by atoms with E-state index in [1.54, 1.807) is 4.68 Å². The van der Waals surface area contributed by atoms with Gasteiger partial charge < -0.3 is 5.32 Å². The van der Waals surface area contributed by atoms with Crippen LogP contribution < -0.4 is 5.32 Å². The third-order valence-corrected chi connectivity index (χ3v) is 3.93. The summed E-state index contributed by atoms with van der Waals surface area (Å²) in [5, 5.41) is 15.3. The molecule has 0 saturated heterocycles. The zero-order valence-corrected chi connectivity index (χ0v) is 12.6. The highest BCUT2D eigenvalue weighted by Gasteiger charge is 2.21. The van der Waals surface area contributed by atoms with Crippen molar-refractivity contribution in [2.75, 3.05) is 0 Å². The molecule has 0 aliphatic heterocycles. The van der Waals surface area contributed by atoms with Crippen molar-refractivity contribution in [2.24, 2.45) is 0 Å². The Morgan fingerprint density at radius 1 is 1.33 bits per heavy atom. The Hall–Kier alpha value is -0.790. The molecule has 0 unspecified atom stereocenters. The Bertz CT molecular complexity index is 564. The molecule has 94 valence electrons. The Morgan fingerprint density at radius 3 is 2.89 bits per heavy atom. The molecule has 0 amide bonds. The lowest BCUT2D eigenvalue weighted by Gasteiger charge is -2.07. The molecule has 2 aromatic rings. The minimum Gasteiger partial charge on any atom is -0.307 e. The molecule has 1 aliphatic rings. The summed E-state index contributed by atoms with van der Waals surface area (Å²) in [5.41, 5.74) is 0.941. The molecule has 0 bridgehead atoms. The van der Waals surface area contributed by atoms with Gasteiger partial charge in [0, 0.05) is 15.0 Å². The van der Waals surface area contributed by atoms with E-state index in [9.17, 15) is 0 Å². The molecule has 1 aromatic heterocycles. The highest BCUT2D eigenvalue weighted by Crippen LogP contribution is 2.25. The van der Waals surface area contributed by atoms with Crippen molar-refractivity contribution in [1.82, 2.24) is 25.5 Å². The summed E-state index contributed by atoms with van der Waals surface area (Å²) in [6, 6.07) is 6.57. The zero-order chi connectivity index (χ0) is 12.5. The zero-order valence-electron chi connectivity index (χ0n) is 9.48. The molecule has 1 aromatic carbocycles. The standard InChI is InChI=1S/C11H11Br2N5/c12-7-1-4-10(9(13)5-7)18-11(15-16-17-18)6-14-8-2-3-8/h1,4-5,8,14H,2-3,6H2. The Labute approximate surface area is 121 Å². The molecule has 3 rings (SSSR count). The molecule has 1 saturated carbocycles. The van der Waals surface area contributed by atoms with Crippen LogP contribution in [0.25, 0.3) is 5.69 Å². The molecule has 1 fully saturated rings. The number of nitrogens with zero attached hydrogens (tertiary/aromatic N) is 4. The van der Waals surface area contributed by atoms with Crippen molar-refractivity contribution in [3.63, 3.8) is 0 Å². The van der Waals surface area contributed by atoms with Crippen molar-refractivity contribution in [1.29, 1.82) is 0 Å². The SMILES string of the molecule is Brc1ccc(-n2nnnc2CNC2CC2)c(Br)c1. The summed E-state index contributed by atoms with van der Waals surface area (Å²) in [7, 11) is 0. The molecular weight excluding hydrogens is 362 g/mol. The maximum atomic E-state index is 4.06. The lowest BCUT2D eigenvalue weighted by atomic mass is 10.3. The van der Waals surface area contributed by atoms with E-state index in [0.29, 0.717) is 12.6 Å². The van der Waals surface area contributed by atoms with Gasteiger partial charge in [-0.05, 0) is 57.4 Å². The van der Waals surface area contributed by atoms with E-state index in [4.69, 9.17) is 0 Å². The molecule has 1 aliphatic carbocycles. The van der Waals surface area contributed by atoms with Crippen LogP contribution in [0.2, 0.25) is 0 Å². The minimum absolute atomic E-state index is 0.642. The van der Waals surface area contributed by atoms with Gasteiger partial charge in [-0.1, -0.05) is 15.9 Å². The van der Waals surface area contributed by atoms with Gasteiger partial charge in [0.15, 0.2) is 5.82 Å². The van der Waals surface area contributed by atoms with Crippen LogP contribution in [0.5, 0.6) is 0 Å². The Kier molecular flexibility index (Phi) is 3.45. The minimum atomic E-state index is 0.642. The predicted molar refractivity (Wildman–Crippen MR) is 74.4 cm³/mol. The van der Waals surface area contributed by atoms with Gasteiger partial charge in [0.2, 0.25) is 0 Å². The van der Waals surface area contributed by atoms with Gasteiger partial charge >= 0.3 is 0 Å². The van der Waals surface area contributed by atoms with E-state index >= 15 is 0 Å². The lowest BCUT2D eigenvalue weighted by molar-refractivity contribution is 0.637. The first kappa shape index (κ1) is 12.3. The summed E-state index contributed by atoms with van der Waals surface area (Å²) in [5.74, 6) is 0.824. The fraction of sp³-hybridized carbons (Fsp3) is 0.364. The third-order valence-electron chi connectivity index (χ3n) is 2.80. The molecule has 18 heavy (non-hydrogen) atoms. The Balaban J connectivity index is 1.88. The first-order chi connectivity index (χ1) is 8.74. The molecule has 1 heterocycles. The average molecular weight is 373 g/mol. The van der Waals surface area contributed by atoms with Gasteiger partial charge in [0.05, 0.1) is 12.2 Å². The van der Waals surface area contributed by atoms with Crippen LogP contribution in [0, 0.1) is 0 Å². The number of benzene rings is 1. The molecule has 0 spiro atoms. The van der Waals surface area contributed by atoms with E-state index in [2.05, 4.69) is 52.7 Å². The number of tetrazole rings is 1.